The second kappa shape index (κ2) is 12.6. The van der Waals surface area contributed by atoms with Crippen molar-refractivity contribution in [2.24, 2.45) is 0 Å². The van der Waals surface area contributed by atoms with Crippen LogP contribution < -0.4 is 4.90 Å². The topological polar surface area (TPSA) is 3.24 Å². The Balaban J connectivity index is 1.67. The number of anilines is 3. The van der Waals surface area contributed by atoms with Gasteiger partial charge in [0.15, 0.2) is 0 Å². The van der Waals surface area contributed by atoms with Crippen molar-refractivity contribution in [3.63, 3.8) is 0 Å². The van der Waals surface area contributed by atoms with Gasteiger partial charge < -0.3 is 4.90 Å². The number of aryl methyl sites for hydroxylation is 6. The smallest absolute Gasteiger partial charge is 0.0520 e. The molecular formula is C45H53N. The summed E-state index contributed by atoms with van der Waals surface area (Å²) in [7, 11) is 0. The molecule has 0 spiro atoms. The first-order valence-electron chi connectivity index (χ1n) is 16.8. The number of nitrogens with zero attached hydrogens (tertiary/aromatic N) is 1. The molecule has 0 aliphatic carbocycles. The molecule has 0 aliphatic rings. The third kappa shape index (κ3) is 6.85. The fraction of sp³-hybridized carbons (Fsp3) is 0.333. The Morgan fingerprint density at radius 2 is 0.761 bits per heavy atom. The van der Waals surface area contributed by atoms with E-state index in [1.807, 2.05) is 0 Å². The highest BCUT2D eigenvalue weighted by Gasteiger charge is 2.25. The summed E-state index contributed by atoms with van der Waals surface area (Å²) in [4.78, 5) is 2.44. The van der Waals surface area contributed by atoms with Crippen LogP contribution in [0.15, 0.2) is 97.1 Å². The van der Waals surface area contributed by atoms with Crippen LogP contribution in [0.1, 0.15) is 109 Å². The van der Waals surface area contributed by atoms with Crippen molar-refractivity contribution >= 4 is 17.1 Å². The van der Waals surface area contributed by atoms with Gasteiger partial charge in [-0.25, -0.2) is 0 Å². The van der Waals surface area contributed by atoms with Gasteiger partial charge in [-0.2, -0.15) is 0 Å². The highest BCUT2D eigenvalue weighted by Crippen LogP contribution is 2.43. The predicted octanol–water partition coefficient (Wildman–Crippen LogP) is 12.8. The van der Waals surface area contributed by atoms with Crippen LogP contribution in [0.3, 0.4) is 0 Å². The minimum atomic E-state index is 0.0940. The van der Waals surface area contributed by atoms with Gasteiger partial charge in [0.2, 0.25) is 0 Å². The standard InChI is InChI=1S/C45H53N/c1-29-13-17-35(18-14-29)42(41-31(3)25-37(26-32(41)4)44(7,8)9)36-19-23-40(24-20-36)46(39-21-15-30(2)16-22-39)43-33(5)27-38(28-34(43)6)45(10,11)12/h13-28,42H,1-12H3. The lowest BCUT2D eigenvalue weighted by Gasteiger charge is -2.31. The first-order valence-corrected chi connectivity index (χ1v) is 16.8. The summed E-state index contributed by atoms with van der Waals surface area (Å²) in [6.45, 7) is 27.2. The molecule has 0 heterocycles. The summed E-state index contributed by atoms with van der Waals surface area (Å²) in [5, 5.41) is 0. The zero-order valence-electron chi connectivity index (χ0n) is 30.3. The van der Waals surface area contributed by atoms with Crippen LogP contribution in [-0.2, 0) is 10.8 Å². The molecule has 0 N–H and O–H groups in total. The van der Waals surface area contributed by atoms with E-state index in [0.717, 1.165) is 0 Å². The minimum Gasteiger partial charge on any atom is -0.310 e. The molecule has 1 heteroatoms. The summed E-state index contributed by atoms with van der Waals surface area (Å²) in [5.74, 6) is 0.144. The number of benzene rings is 5. The van der Waals surface area contributed by atoms with Crippen molar-refractivity contribution < 1.29 is 0 Å². The normalized spacial score (nSPS) is 12.7. The number of rotatable bonds is 6. The molecule has 238 valence electrons. The zero-order chi connectivity index (χ0) is 33.6. The van der Waals surface area contributed by atoms with E-state index in [0.29, 0.717) is 0 Å². The van der Waals surface area contributed by atoms with Crippen LogP contribution in [0.2, 0.25) is 0 Å². The van der Waals surface area contributed by atoms with E-state index < -0.39 is 0 Å². The van der Waals surface area contributed by atoms with E-state index in [2.05, 4.69) is 185 Å². The monoisotopic (exact) mass is 607 g/mol. The van der Waals surface area contributed by atoms with Gasteiger partial charge in [-0.15, -0.1) is 0 Å². The van der Waals surface area contributed by atoms with Gasteiger partial charge in [0.05, 0.1) is 5.69 Å². The van der Waals surface area contributed by atoms with Gasteiger partial charge in [0.25, 0.3) is 0 Å². The Kier molecular flexibility index (Phi) is 9.11. The molecule has 5 aromatic carbocycles. The van der Waals surface area contributed by atoms with Crippen molar-refractivity contribution in [3.05, 3.63) is 158 Å². The van der Waals surface area contributed by atoms with Crippen LogP contribution >= 0.6 is 0 Å². The maximum atomic E-state index is 2.44. The van der Waals surface area contributed by atoms with E-state index in [1.165, 1.54) is 78.3 Å². The van der Waals surface area contributed by atoms with Gasteiger partial charge in [0.1, 0.15) is 0 Å². The van der Waals surface area contributed by atoms with Crippen LogP contribution in [0, 0.1) is 41.5 Å². The molecule has 1 unspecified atom stereocenters. The van der Waals surface area contributed by atoms with Crippen molar-refractivity contribution in [1.82, 2.24) is 0 Å². The van der Waals surface area contributed by atoms with Crippen LogP contribution in [0.4, 0.5) is 17.1 Å². The predicted molar refractivity (Wildman–Crippen MR) is 201 cm³/mol. The third-order valence-corrected chi connectivity index (χ3v) is 9.52. The van der Waals surface area contributed by atoms with Crippen molar-refractivity contribution in [2.45, 2.75) is 99.8 Å². The Morgan fingerprint density at radius 1 is 0.435 bits per heavy atom. The van der Waals surface area contributed by atoms with Crippen LogP contribution in [0.25, 0.3) is 0 Å². The Hall–Kier alpha value is -4.10. The maximum absolute atomic E-state index is 2.44. The molecule has 46 heavy (non-hydrogen) atoms. The fourth-order valence-corrected chi connectivity index (χ4v) is 6.81. The molecule has 0 aromatic heterocycles. The average Bonchev–Trinajstić information content (AvgIpc) is 2.97. The van der Waals surface area contributed by atoms with Gasteiger partial charge in [-0.1, -0.05) is 125 Å². The zero-order valence-corrected chi connectivity index (χ0v) is 30.3. The highest BCUT2D eigenvalue weighted by molar-refractivity contribution is 5.81. The summed E-state index contributed by atoms with van der Waals surface area (Å²) >= 11 is 0. The van der Waals surface area contributed by atoms with Crippen LogP contribution in [-0.4, -0.2) is 0 Å². The third-order valence-electron chi connectivity index (χ3n) is 9.52. The Bertz CT molecular complexity index is 1640. The van der Waals surface area contributed by atoms with Crippen molar-refractivity contribution in [2.75, 3.05) is 4.90 Å². The van der Waals surface area contributed by atoms with Crippen molar-refractivity contribution in [3.8, 4) is 0 Å². The summed E-state index contributed by atoms with van der Waals surface area (Å²) in [5.41, 5.74) is 18.4. The Labute approximate surface area is 279 Å². The number of hydrogen-bond donors (Lipinski definition) is 0. The van der Waals surface area contributed by atoms with Gasteiger partial charge in [0, 0.05) is 17.3 Å². The molecule has 0 saturated heterocycles. The quantitative estimate of drug-likeness (QED) is 0.174. The molecule has 0 saturated carbocycles. The molecule has 1 atom stereocenters. The molecule has 0 bridgehead atoms. The molecule has 0 fully saturated rings. The Morgan fingerprint density at radius 3 is 1.15 bits per heavy atom. The SMILES string of the molecule is Cc1ccc(C(c2ccc(N(c3ccc(C)cc3)c3c(C)cc(C(C)(C)C)cc3C)cc2)c2c(C)cc(C(C)(C)C)cc2C)cc1. The fourth-order valence-electron chi connectivity index (χ4n) is 6.81. The lowest BCUT2D eigenvalue weighted by molar-refractivity contribution is 0.588. The van der Waals surface area contributed by atoms with E-state index in [4.69, 9.17) is 0 Å². The first-order chi connectivity index (χ1) is 21.5. The summed E-state index contributed by atoms with van der Waals surface area (Å²) in [6.07, 6.45) is 0. The maximum Gasteiger partial charge on any atom is 0.0520 e. The molecule has 5 aromatic rings. The second-order valence-corrected chi connectivity index (χ2v) is 15.6. The molecule has 0 amide bonds. The molecule has 0 aliphatic heterocycles. The van der Waals surface area contributed by atoms with E-state index >= 15 is 0 Å². The van der Waals surface area contributed by atoms with Crippen LogP contribution in [0.5, 0.6) is 0 Å². The molecule has 0 radical (unpaired) electrons. The number of hydrogen-bond acceptors (Lipinski definition) is 1. The summed E-state index contributed by atoms with van der Waals surface area (Å²) in [6, 6.07) is 36.9. The lowest BCUT2D eigenvalue weighted by Crippen LogP contribution is -2.17. The first kappa shape index (κ1) is 33.3. The summed E-state index contributed by atoms with van der Waals surface area (Å²) < 4.78 is 0. The largest absolute Gasteiger partial charge is 0.310 e. The lowest BCUT2D eigenvalue weighted by atomic mass is 9.77. The average molecular weight is 608 g/mol. The minimum absolute atomic E-state index is 0.0940. The van der Waals surface area contributed by atoms with Gasteiger partial charge in [-0.3, -0.25) is 0 Å². The van der Waals surface area contributed by atoms with E-state index in [9.17, 15) is 0 Å². The molecule has 5 rings (SSSR count). The van der Waals surface area contributed by atoms with Gasteiger partial charge >= 0.3 is 0 Å². The van der Waals surface area contributed by atoms with Gasteiger partial charge in [-0.05, 0) is 127 Å². The highest BCUT2D eigenvalue weighted by atomic mass is 15.1. The molecule has 1 nitrogen and oxygen atoms in total. The van der Waals surface area contributed by atoms with E-state index in [-0.39, 0.29) is 16.7 Å². The van der Waals surface area contributed by atoms with E-state index in [1.54, 1.807) is 0 Å². The van der Waals surface area contributed by atoms with Crippen molar-refractivity contribution in [1.29, 1.82) is 0 Å². The second-order valence-electron chi connectivity index (χ2n) is 15.6. The molecular weight excluding hydrogens is 555 g/mol.